The number of amides is 2. The SMILES string of the molecule is CCCCOc1ccccc1NC(=O)/C(=C/c1ccccc1)NC(C)=O. The van der Waals surface area contributed by atoms with Gasteiger partial charge in [-0.2, -0.15) is 0 Å². The molecule has 2 amide bonds. The molecule has 0 aliphatic rings. The van der Waals surface area contributed by atoms with Crippen LogP contribution in [0.1, 0.15) is 32.3 Å². The van der Waals surface area contributed by atoms with Crippen molar-refractivity contribution in [3.63, 3.8) is 0 Å². The van der Waals surface area contributed by atoms with E-state index in [0.29, 0.717) is 18.0 Å². The largest absolute Gasteiger partial charge is 0.491 e. The molecule has 0 saturated heterocycles. The molecule has 2 N–H and O–H groups in total. The van der Waals surface area contributed by atoms with Crippen molar-refractivity contribution in [1.29, 1.82) is 0 Å². The number of benzene rings is 2. The Morgan fingerprint density at radius 1 is 1.04 bits per heavy atom. The fraction of sp³-hybridized carbons (Fsp3) is 0.238. The molecular formula is C21H24N2O3. The summed E-state index contributed by atoms with van der Waals surface area (Å²) in [7, 11) is 0. The summed E-state index contributed by atoms with van der Waals surface area (Å²) in [6.07, 6.45) is 3.60. The molecular weight excluding hydrogens is 328 g/mol. The Labute approximate surface area is 154 Å². The van der Waals surface area contributed by atoms with Gasteiger partial charge in [-0.1, -0.05) is 55.8 Å². The predicted molar refractivity (Wildman–Crippen MR) is 104 cm³/mol. The van der Waals surface area contributed by atoms with Crippen molar-refractivity contribution in [1.82, 2.24) is 5.32 Å². The van der Waals surface area contributed by atoms with Crippen LogP contribution >= 0.6 is 0 Å². The molecule has 0 saturated carbocycles. The molecule has 26 heavy (non-hydrogen) atoms. The molecule has 0 atom stereocenters. The number of carbonyl (C=O) groups excluding carboxylic acids is 2. The molecule has 0 aliphatic heterocycles. The van der Waals surface area contributed by atoms with E-state index in [2.05, 4.69) is 17.6 Å². The second-order valence-electron chi connectivity index (χ2n) is 5.80. The number of anilines is 1. The van der Waals surface area contributed by atoms with Gasteiger partial charge < -0.3 is 15.4 Å². The van der Waals surface area contributed by atoms with E-state index in [4.69, 9.17) is 4.74 Å². The first-order valence-electron chi connectivity index (χ1n) is 8.67. The Kier molecular flexibility index (Phi) is 7.43. The van der Waals surface area contributed by atoms with Crippen molar-refractivity contribution in [2.45, 2.75) is 26.7 Å². The van der Waals surface area contributed by atoms with Crippen molar-refractivity contribution in [3.8, 4) is 5.75 Å². The van der Waals surface area contributed by atoms with Crippen LogP contribution in [-0.2, 0) is 9.59 Å². The number of nitrogens with one attached hydrogen (secondary N) is 2. The van der Waals surface area contributed by atoms with Gasteiger partial charge in [-0.15, -0.1) is 0 Å². The zero-order valence-corrected chi connectivity index (χ0v) is 15.1. The van der Waals surface area contributed by atoms with E-state index in [-0.39, 0.29) is 11.6 Å². The molecule has 2 aromatic rings. The van der Waals surface area contributed by atoms with Crippen LogP contribution in [0.5, 0.6) is 5.75 Å². The third-order valence-corrected chi connectivity index (χ3v) is 3.56. The van der Waals surface area contributed by atoms with Gasteiger partial charge in [-0.3, -0.25) is 9.59 Å². The van der Waals surface area contributed by atoms with Crippen molar-refractivity contribution in [2.75, 3.05) is 11.9 Å². The highest BCUT2D eigenvalue weighted by Crippen LogP contribution is 2.24. The number of unbranched alkanes of at least 4 members (excludes halogenated alkanes) is 1. The molecule has 0 aromatic heterocycles. The van der Waals surface area contributed by atoms with Crippen molar-refractivity contribution < 1.29 is 14.3 Å². The lowest BCUT2D eigenvalue weighted by Gasteiger charge is -2.14. The van der Waals surface area contributed by atoms with Crippen molar-refractivity contribution in [3.05, 3.63) is 65.9 Å². The Balaban J connectivity index is 2.19. The lowest BCUT2D eigenvalue weighted by molar-refractivity contribution is -0.120. The second-order valence-corrected chi connectivity index (χ2v) is 5.80. The molecule has 0 radical (unpaired) electrons. The van der Waals surface area contributed by atoms with Gasteiger partial charge in [0.15, 0.2) is 0 Å². The molecule has 136 valence electrons. The lowest BCUT2D eigenvalue weighted by atomic mass is 10.2. The fourth-order valence-electron chi connectivity index (χ4n) is 2.28. The molecule has 2 aromatic carbocycles. The number of ether oxygens (including phenoxy) is 1. The predicted octanol–water partition coefficient (Wildman–Crippen LogP) is 3.98. The van der Waals surface area contributed by atoms with Crippen LogP contribution in [0.4, 0.5) is 5.69 Å². The highest BCUT2D eigenvalue weighted by molar-refractivity contribution is 6.09. The molecule has 2 rings (SSSR count). The molecule has 0 heterocycles. The van der Waals surface area contributed by atoms with Crippen molar-refractivity contribution in [2.24, 2.45) is 0 Å². The second kappa shape index (κ2) is 10.0. The summed E-state index contributed by atoms with van der Waals surface area (Å²) in [5.41, 5.74) is 1.56. The van der Waals surface area contributed by atoms with Gasteiger partial charge in [0.2, 0.25) is 5.91 Å². The van der Waals surface area contributed by atoms with Crippen LogP contribution in [0.15, 0.2) is 60.3 Å². The van der Waals surface area contributed by atoms with Crippen LogP contribution in [0, 0.1) is 0 Å². The van der Waals surface area contributed by atoms with Gasteiger partial charge in [0.1, 0.15) is 11.4 Å². The van der Waals surface area contributed by atoms with E-state index in [9.17, 15) is 9.59 Å². The van der Waals surface area contributed by atoms with Gasteiger partial charge in [-0.05, 0) is 30.2 Å². The minimum atomic E-state index is -0.407. The maximum absolute atomic E-state index is 12.7. The van der Waals surface area contributed by atoms with E-state index in [1.807, 2.05) is 48.5 Å². The summed E-state index contributed by atoms with van der Waals surface area (Å²) in [4.78, 5) is 24.2. The summed E-state index contributed by atoms with van der Waals surface area (Å²) in [5, 5.41) is 5.41. The van der Waals surface area contributed by atoms with Crippen LogP contribution in [0.2, 0.25) is 0 Å². The van der Waals surface area contributed by atoms with E-state index in [1.165, 1.54) is 6.92 Å². The third-order valence-electron chi connectivity index (χ3n) is 3.56. The molecule has 0 unspecified atom stereocenters. The van der Waals surface area contributed by atoms with E-state index in [1.54, 1.807) is 12.1 Å². The minimum absolute atomic E-state index is 0.173. The van der Waals surface area contributed by atoms with Crippen molar-refractivity contribution >= 4 is 23.6 Å². The van der Waals surface area contributed by atoms with Crippen LogP contribution in [-0.4, -0.2) is 18.4 Å². The topological polar surface area (TPSA) is 67.4 Å². The molecule has 0 fully saturated rings. The molecule has 0 spiro atoms. The normalized spacial score (nSPS) is 10.9. The standard InChI is InChI=1S/C21H24N2O3/c1-3-4-14-26-20-13-9-8-12-18(20)23-21(25)19(22-16(2)24)15-17-10-6-5-7-11-17/h5-13,15H,3-4,14H2,1-2H3,(H,22,24)(H,23,25)/b19-15-. The zero-order valence-electron chi connectivity index (χ0n) is 15.1. The summed E-state index contributed by atoms with van der Waals surface area (Å²) in [6.45, 7) is 4.04. The maximum Gasteiger partial charge on any atom is 0.272 e. The number of hydrogen-bond donors (Lipinski definition) is 2. The first-order valence-corrected chi connectivity index (χ1v) is 8.67. The van der Waals surface area contributed by atoms with E-state index >= 15 is 0 Å². The van der Waals surface area contributed by atoms with Crippen LogP contribution in [0.3, 0.4) is 0 Å². The number of rotatable bonds is 8. The average Bonchev–Trinajstić information content (AvgIpc) is 2.63. The van der Waals surface area contributed by atoms with Crippen LogP contribution in [0.25, 0.3) is 6.08 Å². The number of para-hydroxylation sites is 2. The molecule has 0 bridgehead atoms. The summed E-state index contributed by atoms with van der Waals surface area (Å²) in [6, 6.07) is 16.6. The van der Waals surface area contributed by atoms with Crippen LogP contribution < -0.4 is 15.4 Å². The maximum atomic E-state index is 12.7. The molecule has 5 nitrogen and oxygen atoms in total. The third kappa shape index (κ3) is 6.09. The highest BCUT2D eigenvalue weighted by Gasteiger charge is 2.14. The van der Waals surface area contributed by atoms with Gasteiger partial charge in [0.25, 0.3) is 5.91 Å². The quantitative estimate of drug-likeness (QED) is 0.558. The monoisotopic (exact) mass is 352 g/mol. The zero-order chi connectivity index (χ0) is 18.8. The van der Waals surface area contributed by atoms with Gasteiger partial charge in [0, 0.05) is 6.92 Å². The summed E-state index contributed by atoms with van der Waals surface area (Å²) < 4.78 is 5.74. The van der Waals surface area contributed by atoms with Gasteiger partial charge >= 0.3 is 0 Å². The van der Waals surface area contributed by atoms with Gasteiger partial charge in [0.05, 0.1) is 12.3 Å². The first-order chi connectivity index (χ1) is 12.6. The first kappa shape index (κ1) is 19.2. The Morgan fingerprint density at radius 3 is 2.42 bits per heavy atom. The summed E-state index contributed by atoms with van der Waals surface area (Å²) in [5.74, 6) is -0.110. The van der Waals surface area contributed by atoms with E-state index < -0.39 is 5.91 Å². The molecule has 5 heteroatoms. The van der Waals surface area contributed by atoms with Gasteiger partial charge in [-0.25, -0.2) is 0 Å². The lowest BCUT2D eigenvalue weighted by Crippen LogP contribution is -2.29. The smallest absolute Gasteiger partial charge is 0.272 e. The fourth-order valence-corrected chi connectivity index (χ4v) is 2.28. The Morgan fingerprint density at radius 2 is 1.73 bits per heavy atom. The Hall–Kier alpha value is -3.08. The summed E-state index contributed by atoms with van der Waals surface area (Å²) >= 11 is 0. The average molecular weight is 352 g/mol. The highest BCUT2D eigenvalue weighted by atomic mass is 16.5. The van der Waals surface area contributed by atoms with E-state index in [0.717, 1.165) is 18.4 Å². The Bertz CT molecular complexity index is 770. The molecule has 0 aliphatic carbocycles. The minimum Gasteiger partial charge on any atom is -0.491 e. The number of carbonyl (C=O) groups is 2. The number of hydrogen-bond acceptors (Lipinski definition) is 3.